The van der Waals surface area contributed by atoms with Crippen LogP contribution in [0.5, 0.6) is 0 Å². The van der Waals surface area contributed by atoms with Gasteiger partial charge in [-0.05, 0) is 44.5 Å². The van der Waals surface area contributed by atoms with Crippen LogP contribution in [0.25, 0.3) is 10.9 Å². The monoisotopic (exact) mass is 318 g/mol. The van der Waals surface area contributed by atoms with Gasteiger partial charge in [0.05, 0.1) is 0 Å². The summed E-state index contributed by atoms with van der Waals surface area (Å²) in [5, 5.41) is 1.44. The summed E-state index contributed by atoms with van der Waals surface area (Å²) in [6.45, 7) is 6.73. The molecule has 0 spiro atoms. The summed E-state index contributed by atoms with van der Waals surface area (Å²) in [5.41, 5.74) is 7.28. The highest BCUT2D eigenvalue weighted by molar-refractivity contribution is 5.86. The van der Waals surface area contributed by atoms with Crippen LogP contribution in [0.2, 0.25) is 0 Å². The third kappa shape index (κ3) is 2.55. The third-order valence-corrected chi connectivity index (χ3v) is 5.61. The van der Waals surface area contributed by atoms with E-state index in [2.05, 4.69) is 78.9 Å². The number of nitrogens with zero attached hydrogens (tertiary/aromatic N) is 2. The molecule has 1 unspecified atom stereocenters. The van der Waals surface area contributed by atoms with Gasteiger partial charge >= 0.3 is 0 Å². The van der Waals surface area contributed by atoms with Crippen LogP contribution in [0.4, 0.5) is 0 Å². The predicted molar refractivity (Wildman–Crippen MR) is 102 cm³/mol. The lowest BCUT2D eigenvalue weighted by atomic mass is 9.97. The van der Waals surface area contributed by atoms with E-state index in [4.69, 9.17) is 0 Å². The van der Waals surface area contributed by atoms with Gasteiger partial charge in [0.2, 0.25) is 0 Å². The first kappa shape index (κ1) is 15.5. The summed E-state index contributed by atoms with van der Waals surface area (Å²) < 4.78 is 2.58. The van der Waals surface area contributed by atoms with Crippen LogP contribution in [-0.4, -0.2) is 23.1 Å². The van der Waals surface area contributed by atoms with Crippen molar-refractivity contribution in [3.63, 3.8) is 0 Å². The Morgan fingerprint density at radius 3 is 2.75 bits per heavy atom. The minimum Gasteiger partial charge on any atom is -0.344 e. The summed E-state index contributed by atoms with van der Waals surface area (Å²) >= 11 is 0. The third-order valence-electron chi connectivity index (χ3n) is 5.61. The molecular weight excluding hydrogens is 292 g/mol. The number of hydrogen-bond acceptors (Lipinski definition) is 1. The standard InChI is InChI=1S/C22H26N2/c1-16-7-6-8-18(15-16)11-14-24-20-10-5-4-9-19(20)22-17(2)23(3)13-12-21(22)24/h4-10,15,17H,11-14H2,1-3H3. The molecule has 2 nitrogen and oxygen atoms in total. The van der Waals surface area contributed by atoms with Crippen molar-refractivity contribution in [1.29, 1.82) is 0 Å². The van der Waals surface area contributed by atoms with Gasteiger partial charge in [-0.25, -0.2) is 0 Å². The molecule has 124 valence electrons. The van der Waals surface area contributed by atoms with Crippen LogP contribution in [0.3, 0.4) is 0 Å². The Bertz CT molecular complexity index is 875. The number of benzene rings is 2. The Morgan fingerprint density at radius 1 is 1.08 bits per heavy atom. The number of fused-ring (bicyclic) bond motifs is 3. The molecular formula is C22H26N2. The number of hydrogen-bond donors (Lipinski definition) is 0. The Hall–Kier alpha value is -2.06. The Morgan fingerprint density at radius 2 is 1.92 bits per heavy atom. The van der Waals surface area contributed by atoms with Crippen LogP contribution in [0.1, 0.15) is 35.3 Å². The topological polar surface area (TPSA) is 8.17 Å². The molecule has 1 aromatic heterocycles. The molecule has 0 saturated carbocycles. The van der Waals surface area contributed by atoms with Gasteiger partial charge in [0.1, 0.15) is 0 Å². The molecule has 0 fully saturated rings. The predicted octanol–water partition coefficient (Wildman–Crippen LogP) is 4.74. The number of aromatic nitrogens is 1. The zero-order chi connectivity index (χ0) is 16.7. The molecule has 0 aliphatic carbocycles. The molecule has 1 atom stereocenters. The largest absolute Gasteiger partial charge is 0.344 e. The molecule has 0 amide bonds. The fraction of sp³-hybridized carbons (Fsp3) is 0.364. The van der Waals surface area contributed by atoms with E-state index in [1.165, 1.54) is 22.0 Å². The average molecular weight is 318 g/mol. The first-order valence-corrected chi connectivity index (χ1v) is 9.01. The van der Waals surface area contributed by atoms with Gasteiger partial charge in [0, 0.05) is 42.1 Å². The summed E-state index contributed by atoms with van der Waals surface area (Å²) in [6.07, 6.45) is 2.25. The fourth-order valence-electron chi connectivity index (χ4n) is 4.18. The Labute approximate surface area is 144 Å². The number of rotatable bonds is 3. The number of likely N-dealkylation sites (N-methyl/N-ethyl adjacent to an activating group) is 1. The van der Waals surface area contributed by atoms with Crippen molar-refractivity contribution in [2.24, 2.45) is 0 Å². The van der Waals surface area contributed by atoms with E-state index >= 15 is 0 Å². The Balaban J connectivity index is 1.75. The van der Waals surface area contributed by atoms with E-state index in [-0.39, 0.29) is 0 Å². The molecule has 4 rings (SSSR count). The maximum atomic E-state index is 2.58. The fourth-order valence-corrected chi connectivity index (χ4v) is 4.18. The normalized spacial score (nSPS) is 18.0. The second-order valence-electron chi connectivity index (χ2n) is 7.17. The van der Waals surface area contributed by atoms with E-state index in [0.717, 1.165) is 25.9 Å². The van der Waals surface area contributed by atoms with Crippen LogP contribution in [-0.2, 0) is 19.4 Å². The molecule has 2 heterocycles. The molecule has 3 aromatic rings. The van der Waals surface area contributed by atoms with E-state index in [1.807, 2.05) is 0 Å². The lowest BCUT2D eigenvalue weighted by Crippen LogP contribution is -2.31. The average Bonchev–Trinajstić information content (AvgIpc) is 2.91. The van der Waals surface area contributed by atoms with Crippen LogP contribution < -0.4 is 0 Å². The van der Waals surface area contributed by atoms with Crippen molar-refractivity contribution in [1.82, 2.24) is 9.47 Å². The van der Waals surface area contributed by atoms with Gasteiger partial charge in [0.25, 0.3) is 0 Å². The van der Waals surface area contributed by atoms with Gasteiger partial charge in [-0.3, -0.25) is 4.90 Å². The van der Waals surface area contributed by atoms with Crippen molar-refractivity contribution < 1.29 is 0 Å². The molecule has 1 aliphatic heterocycles. The van der Waals surface area contributed by atoms with Crippen LogP contribution in [0, 0.1) is 6.92 Å². The smallest absolute Gasteiger partial charge is 0.0486 e. The van der Waals surface area contributed by atoms with Crippen molar-refractivity contribution in [3.05, 3.63) is 70.9 Å². The quantitative estimate of drug-likeness (QED) is 0.677. The molecule has 24 heavy (non-hydrogen) atoms. The zero-order valence-electron chi connectivity index (χ0n) is 14.9. The van der Waals surface area contributed by atoms with Crippen LogP contribution >= 0.6 is 0 Å². The summed E-state index contributed by atoms with van der Waals surface area (Å²) in [6, 6.07) is 18.3. The maximum Gasteiger partial charge on any atom is 0.0486 e. The first-order chi connectivity index (χ1) is 11.6. The van der Waals surface area contributed by atoms with E-state index in [0.29, 0.717) is 6.04 Å². The molecule has 2 aromatic carbocycles. The maximum absolute atomic E-state index is 2.58. The highest BCUT2D eigenvalue weighted by atomic mass is 15.1. The minimum atomic E-state index is 0.499. The van der Waals surface area contributed by atoms with E-state index in [1.54, 1.807) is 11.3 Å². The molecule has 2 heteroatoms. The Kier molecular flexibility index (Phi) is 3.93. The molecule has 0 bridgehead atoms. The van der Waals surface area contributed by atoms with Gasteiger partial charge in [-0.1, -0.05) is 48.0 Å². The van der Waals surface area contributed by atoms with E-state index < -0.39 is 0 Å². The second kappa shape index (κ2) is 6.10. The number of para-hydroxylation sites is 1. The van der Waals surface area contributed by atoms with Crippen molar-refractivity contribution >= 4 is 10.9 Å². The first-order valence-electron chi connectivity index (χ1n) is 9.01. The zero-order valence-corrected chi connectivity index (χ0v) is 14.9. The molecule has 0 radical (unpaired) electrons. The summed E-state index contributed by atoms with van der Waals surface area (Å²) in [7, 11) is 2.24. The van der Waals surface area contributed by atoms with Crippen molar-refractivity contribution in [3.8, 4) is 0 Å². The van der Waals surface area contributed by atoms with Crippen LogP contribution in [0.15, 0.2) is 48.5 Å². The van der Waals surface area contributed by atoms with Crippen molar-refractivity contribution in [2.45, 2.75) is 39.3 Å². The summed E-state index contributed by atoms with van der Waals surface area (Å²) in [5.74, 6) is 0. The lowest BCUT2D eigenvalue weighted by molar-refractivity contribution is 0.245. The van der Waals surface area contributed by atoms with Gasteiger partial charge in [-0.2, -0.15) is 0 Å². The SMILES string of the molecule is Cc1cccc(CCn2c3c(c4ccccc42)C(C)N(C)CC3)c1. The van der Waals surface area contributed by atoms with Gasteiger partial charge < -0.3 is 4.57 Å². The molecule has 0 saturated heterocycles. The molecule has 1 aliphatic rings. The summed E-state index contributed by atoms with van der Waals surface area (Å²) in [4.78, 5) is 2.47. The lowest BCUT2D eigenvalue weighted by Gasteiger charge is -2.31. The molecule has 0 N–H and O–H groups in total. The minimum absolute atomic E-state index is 0.499. The second-order valence-corrected chi connectivity index (χ2v) is 7.17. The highest BCUT2D eigenvalue weighted by Crippen LogP contribution is 2.37. The van der Waals surface area contributed by atoms with Gasteiger partial charge in [-0.15, -0.1) is 0 Å². The van der Waals surface area contributed by atoms with Gasteiger partial charge in [0.15, 0.2) is 0 Å². The van der Waals surface area contributed by atoms with E-state index in [9.17, 15) is 0 Å². The van der Waals surface area contributed by atoms with Crippen molar-refractivity contribution in [2.75, 3.05) is 13.6 Å². The number of aryl methyl sites for hydroxylation is 3. The highest BCUT2D eigenvalue weighted by Gasteiger charge is 2.27.